The highest BCUT2D eigenvalue weighted by Crippen LogP contribution is 2.50. The summed E-state index contributed by atoms with van der Waals surface area (Å²) in [4.78, 5) is 0. The fraction of sp³-hybridized carbons (Fsp3) is 0.0769. The van der Waals surface area contributed by atoms with E-state index in [1.807, 2.05) is 24.3 Å². The van der Waals surface area contributed by atoms with Crippen LogP contribution in [0.15, 0.2) is 109 Å². The van der Waals surface area contributed by atoms with Crippen molar-refractivity contribution in [3.8, 4) is 11.1 Å². The van der Waals surface area contributed by atoms with Crippen LogP contribution in [0, 0.1) is 0 Å². The number of benzene rings is 4. The van der Waals surface area contributed by atoms with Crippen molar-refractivity contribution in [2.75, 3.05) is 5.32 Å². The second kappa shape index (κ2) is 6.66. The molecular weight excluding hydrogens is 340 g/mol. The fourth-order valence-electron chi connectivity index (χ4n) is 4.40. The van der Waals surface area contributed by atoms with Crippen molar-refractivity contribution < 1.29 is 0 Å². The predicted molar refractivity (Wildman–Crippen MR) is 116 cm³/mol. The molecule has 0 saturated heterocycles. The van der Waals surface area contributed by atoms with Gasteiger partial charge in [0, 0.05) is 5.69 Å². The average Bonchev–Trinajstić information content (AvgIpc) is 2.78. The van der Waals surface area contributed by atoms with E-state index >= 15 is 0 Å². The van der Waals surface area contributed by atoms with Crippen LogP contribution >= 0.6 is 0 Å². The molecule has 5 rings (SSSR count). The standard InChI is InChI=1S/C26H22N2/c27-26(19-11-3-1-4-12-19)24-18-10-9-16-22(24)21-15-7-8-17-23(21)25(26)28-20-13-5-2-6-14-20/h1-18,25,28H,27H2. The van der Waals surface area contributed by atoms with Gasteiger partial charge in [-0.15, -0.1) is 0 Å². The Morgan fingerprint density at radius 1 is 0.607 bits per heavy atom. The van der Waals surface area contributed by atoms with Crippen molar-refractivity contribution in [1.82, 2.24) is 0 Å². The Bertz CT molecular complexity index is 1110. The molecular formula is C26H22N2. The Morgan fingerprint density at radius 2 is 1.18 bits per heavy atom. The van der Waals surface area contributed by atoms with Crippen molar-refractivity contribution in [2.45, 2.75) is 11.6 Å². The average molecular weight is 362 g/mol. The number of nitrogens with two attached hydrogens (primary N) is 1. The number of fused-ring (bicyclic) bond motifs is 3. The smallest absolute Gasteiger partial charge is 0.0919 e. The topological polar surface area (TPSA) is 38.0 Å². The lowest BCUT2D eigenvalue weighted by molar-refractivity contribution is 0.453. The van der Waals surface area contributed by atoms with E-state index in [0.29, 0.717) is 0 Å². The van der Waals surface area contributed by atoms with Gasteiger partial charge in [-0.05, 0) is 39.9 Å². The molecule has 0 aliphatic heterocycles. The number of hydrogen-bond donors (Lipinski definition) is 2. The molecule has 0 aromatic heterocycles. The van der Waals surface area contributed by atoms with Gasteiger partial charge in [0.15, 0.2) is 0 Å². The zero-order chi connectivity index (χ0) is 19.0. The van der Waals surface area contributed by atoms with E-state index < -0.39 is 5.54 Å². The van der Waals surface area contributed by atoms with Crippen molar-refractivity contribution in [3.63, 3.8) is 0 Å². The lowest BCUT2D eigenvalue weighted by Crippen LogP contribution is -2.49. The van der Waals surface area contributed by atoms with Crippen LogP contribution in [0.1, 0.15) is 22.7 Å². The molecule has 4 aromatic carbocycles. The van der Waals surface area contributed by atoms with Crippen molar-refractivity contribution in [3.05, 3.63) is 126 Å². The molecule has 4 aromatic rings. The minimum Gasteiger partial charge on any atom is -0.376 e. The molecule has 0 amide bonds. The van der Waals surface area contributed by atoms with Crippen LogP contribution in [0.25, 0.3) is 11.1 Å². The van der Waals surface area contributed by atoms with E-state index in [2.05, 4.69) is 90.2 Å². The summed E-state index contributed by atoms with van der Waals surface area (Å²) < 4.78 is 0. The molecule has 2 unspecified atom stereocenters. The Kier molecular flexibility index (Phi) is 4.00. The zero-order valence-corrected chi connectivity index (χ0v) is 15.5. The fourth-order valence-corrected chi connectivity index (χ4v) is 4.40. The molecule has 2 nitrogen and oxygen atoms in total. The maximum Gasteiger partial charge on any atom is 0.0919 e. The van der Waals surface area contributed by atoms with Gasteiger partial charge in [0.25, 0.3) is 0 Å². The Morgan fingerprint density at radius 3 is 1.93 bits per heavy atom. The summed E-state index contributed by atoms with van der Waals surface area (Å²) in [6.45, 7) is 0. The van der Waals surface area contributed by atoms with E-state index in [4.69, 9.17) is 5.73 Å². The third-order valence-electron chi connectivity index (χ3n) is 5.73. The highest BCUT2D eigenvalue weighted by atomic mass is 15.0. The SMILES string of the molecule is NC1(c2ccccc2)c2ccccc2-c2ccccc2C1Nc1ccccc1. The first-order valence-corrected chi connectivity index (χ1v) is 9.63. The van der Waals surface area contributed by atoms with Gasteiger partial charge in [-0.3, -0.25) is 0 Å². The molecule has 0 saturated carbocycles. The molecule has 1 aliphatic rings. The van der Waals surface area contributed by atoms with Crippen molar-refractivity contribution >= 4 is 5.69 Å². The van der Waals surface area contributed by atoms with Gasteiger partial charge >= 0.3 is 0 Å². The summed E-state index contributed by atoms with van der Waals surface area (Å²) >= 11 is 0. The monoisotopic (exact) mass is 362 g/mol. The molecule has 0 spiro atoms. The Hall–Kier alpha value is -3.36. The predicted octanol–water partition coefficient (Wildman–Crippen LogP) is 5.72. The quantitative estimate of drug-likeness (QED) is 0.489. The lowest BCUT2D eigenvalue weighted by atomic mass is 9.67. The zero-order valence-electron chi connectivity index (χ0n) is 15.5. The van der Waals surface area contributed by atoms with Crippen LogP contribution in [0.5, 0.6) is 0 Å². The highest BCUT2D eigenvalue weighted by Gasteiger charge is 2.45. The summed E-state index contributed by atoms with van der Waals surface area (Å²) in [7, 11) is 0. The van der Waals surface area contributed by atoms with E-state index in [1.165, 1.54) is 16.7 Å². The third kappa shape index (κ3) is 2.54. The number of anilines is 1. The molecule has 1 aliphatic carbocycles. The summed E-state index contributed by atoms with van der Waals surface area (Å²) in [6.07, 6.45) is 0. The van der Waals surface area contributed by atoms with Crippen LogP contribution in [-0.4, -0.2) is 0 Å². The summed E-state index contributed by atoms with van der Waals surface area (Å²) in [6, 6.07) is 37.7. The molecule has 0 fully saturated rings. The number of hydrogen-bond acceptors (Lipinski definition) is 2. The molecule has 0 radical (unpaired) electrons. The van der Waals surface area contributed by atoms with Crippen LogP contribution < -0.4 is 11.1 Å². The first kappa shape index (κ1) is 16.8. The van der Waals surface area contributed by atoms with Crippen LogP contribution in [0.2, 0.25) is 0 Å². The second-order valence-corrected chi connectivity index (χ2v) is 7.31. The highest BCUT2D eigenvalue weighted by molar-refractivity contribution is 5.78. The van der Waals surface area contributed by atoms with Gasteiger partial charge in [0.2, 0.25) is 0 Å². The van der Waals surface area contributed by atoms with E-state index in [1.54, 1.807) is 0 Å². The van der Waals surface area contributed by atoms with Crippen LogP contribution in [0.4, 0.5) is 5.69 Å². The first-order valence-electron chi connectivity index (χ1n) is 9.63. The molecule has 28 heavy (non-hydrogen) atoms. The third-order valence-corrected chi connectivity index (χ3v) is 5.73. The van der Waals surface area contributed by atoms with Crippen molar-refractivity contribution in [1.29, 1.82) is 0 Å². The maximum atomic E-state index is 7.34. The van der Waals surface area contributed by atoms with Gasteiger partial charge in [-0.1, -0.05) is 97.1 Å². The molecule has 0 heterocycles. The summed E-state index contributed by atoms with van der Waals surface area (Å²) in [5, 5.41) is 3.74. The Balaban J connectivity index is 1.79. The van der Waals surface area contributed by atoms with Gasteiger partial charge < -0.3 is 11.1 Å². The van der Waals surface area contributed by atoms with Gasteiger partial charge in [0.1, 0.15) is 0 Å². The molecule has 3 N–H and O–H groups in total. The number of rotatable bonds is 3. The molecule has 2 atom stereocenters. The summed E-state index contributed by atoms with van der Waals surface area (Å²) in [5.41, 5.74) is 13.6. The van der Waals surface area contributed by atoms with E-state index in [0.717, 1.165) is 16.8 Å². The van der Waals surface area contributed by atoms with E-state index in [-0.39, 0.29) is 6.04 Å². The van der Waals surface area contributed by atoms with Crippen molar-refractivity contribution in [2.24, 2.45) is 5.73 Å². The minimum atomic E-state index is -0.692. The molecule has 136 valence electrons. The lowest BCUT2D eigenvalue weighted by Gasteiger charge is -2.45. The maximum absolute atomic E-state index is 7.34. The number of para-hydroxylation sites is 1. The normalized spacial score (nSPS) is 20.1. The van der Waals surface area contributed by atoms with E-state index in [9.17, 15) is 0 Å². The second-order valence-electron chi connectivity index (χ2n) is 7.31. The molecule has 2 heteroatoms. The van der Waals surface area contributed by atoms with Crippen LogP contribution in [-0.2, 0) is 5.54 Å². The largest absolute Gasteiger partial charge is 0.376 e. The number of nitrogens with one attached hydrogen (secondary N) is 1. The summed E-state index contributed by atoms with van der Waals surface area (Å²) in [5.74, 6) is 0. The van der Waals surface area contributed by atoms with Gasteiger partial charge in [-0.2, -0.15) is 0 Å². The van der Waals surface area contributed by atoms with Gasteiger partial charge in [0.05, 0.1) is 11.6 Å². The van der Waals surface area contributed by atoms with Gasteiger partial charge in [-0.25, -0.2) is 0 Å². The molecule has 0 bridgehead atoms. The minimum absolute atomic E-state index is 0.0941. The first-order chi connectivity index (χ1) is 13.8. The van der Waals surface area contributed by atoms with Crippen LogP contribution in [0.3, 0.4) is 0 Å². The Labute approximate surface area is 165 Å².